The highest BCUT2D eigenvalue weighted by atomic mass is 32.2. The Morgan fingerprint density at radius 2 is 2.05 bits per heavy atom. The maximum Gasteiger partial charge on any atom is 0.192 e. The van der Waals surface area contributed by atoms with E-state index >= 15 is 0 Å². The quantitative estimate of drug-likeness (QED) is 0.929. The zero-order chi connectivity index (χ0) is 13.9. The van der Waals surface area contributed by atoms with Crippen molar-refractivity contribution in [2.45, 2.75) is 43.0 Å². The topological polar surface area (TPSA) is 55.6 Å². The molecule has 0 aliphatic carbocycles. The second-order valence-corrected chi connectivity index (χ2v) is 6.36. The summed E-state index contributed by atoms with van der Waals surface area (Å²) in [5.74, 6) is 0. The smallest absolute Gasteiger partial charge is 0.192 e. The highest BCUT2D eigenvalue weighted by Gasteiger charge is 2.09. The van der Waals surface area contributed by atoms with Gasteiger partial charge in [0.25, 0.3) is 0 Å². The number of pyridine rings is 1. The van der Waals surface area contributed by atoms with Crippen LogP contribution in [0.1, 0.15) is 26.3 Å². The molecule has 0 atom stereocenters. The number of hydrogen-bond donors (Lipinski definition) is 1. The van der Waals surface area contributed by atoms with Gasteiger partial charge in [-0.3, -0.25) is 0 Å². The summed E-state index contributed by atoms with van der Waals surface area (Å²) in [6, 6.07) is 4.10. The van der Waals surface area contributed by atoms with Crippen LogP contribution in [0.25, 0.3) is 0 Å². The molecular formula is C13H19N5S. The van der Waals surface area contributed by atoms with E-state index < -0.39 is 0 Å². The zero-order valence-electron chi connectivity index (χ0n) is 11.7. The molecule has 1 N–H and O–H groups in total. The Kier molecular flexibility index (Phi) is 4.21. The lowest BCUT2D eigenvalue weighted by Crippen LogP contribution is -2.35. The molecule has 0 aliphatic heterocycles. The Labute approximate surface area is 117 Å². The van der Waals surface area contributed by atoms with Gasteiger partial charge in [0.05, 0.1) is 0 Å². The van der Waals surface area contributed by atoms with Crippen molar-refractivity contribution in [2.75, 3.05) is 0 Å². The highest BCUT2D eigenvalue weighted by molar-refractivity contribution is 7.99. The molecule has 2 aromatic heterocycles. The molecule has 0 aromatic carbocycles. The summed E-state index contributed by atoms with van der Waals surface area (Å²) in [4.78, 5) is 8.60. The van der Waals surface area contributed by atoms with Gasteiger partial charge in [0.2, 0.25) is 0 Å². The largest absolute Gasteiger partial charge is 0.308 e. The fraction of sp³-hybridized carbons (Fsp3) is 0.462. The Balaban J connectivity index is 1.97. The number of aromatic nitrogens is 4. The van der Waals surface area contributed by atoms with Crippen LogP contribution in [0.3, 0.4) is 0 Å². The lowest BCUT2D eigenvalue weighted by atomic mass is 10.1. The minimum atomic E-state index is 0.117. The fourth-order valence-corrected chi connectivity index (χ4v) is 2.12. The van der Waals surface area contributed by atoms with Gasteiger partial charge >= 0.3 is 0 Å². The maximum atomic E-state index is 4.44. The third kappa shape index (κ3) is 4.33. The minimum Gasteiger partial charge on any atom is -0.308 e. The van der Waals surface area contributed by atoms with Gasteiger partial charge in [0, 0.05) is 25.3 Å². The summed E-state index contributed by atoms with van der Waals surface area (Å²) in [7, 11) is 1.87. The second kappa shape index (κ2) is 5.71. The van der Waals surface area contributed by atoms with Crippen molar-refractivity contribution in [3.05, 3.63) is 30.2 Å². The normalized spacial score (nSPS) is 11.8. The SMILES string of the molecule is Cn1ncnc1Sc1ccc(CNC(C)(C)C)cn1. The van der Waals surface area contributed by atoms with Gasteiger partial charge in [-0.1, -0.05) is 6.07 Å². The van der Waals surface area contributed by atoms with Crippen molar-refractivity contribution < 1.29 is 0 Å². The van der Waals surface area contributed by atoms with Crippen molar-refractivity contribution in [3.63, 3.8) is 0 Å². The highest BCUT2D eigenvalue weighted by Crippen LogP contribution is 2.22. The van der Waals surface area contributed by atoms with E-state index in [1.165, 1.54) is 17.3 Å². The van der Waals surface area contributed by atoms with Crippen LogP contribution in [0.4, 0.5) is 0 Å². The average Bonchev–Trinajstić information content (AvgIpc) is 2.73. The first-order valence-electron chi connectivity index (χ1n) is 6.16. The van der Waals surface area contributed by atoms with Gasteiger partial charge in [0.15, 0.2) is 5.16 Å². The van der Waals surface area contributed by atoms with E-state index in [1.807, 2.05) is 19.3 Å². The third-order valence-electron chi connectivity index (χ3n) is 2.49. The molecule has 5 nitrogen and oxygen atoms in total. The Morgan fingerprint density at radius 3 is 2.58 bits per heavy atom. The van der Waals surface area contributed by atoms with Crippen LogP contribution in [-0.2, 0) is 13.6 Å². The molecule has 0 fully saturated rings. The van der Waals surface area contributed by atoms with Crippen LogP contribution < -0.4 is 5.32 Å². The van der Waals surface area contributed by atoms with Crippen molar-refractivity contribution in [1.82, 2.24) is 25.1 Å². The number of nitrogens with one attached hydrogen (secondary N) is 1. The molecule has 2 heterocycles. The average molecular weight is 277 g/mol. The molecule has 2 aromatic rings. The molecule has 19 heavy (non-hydrogen) atoms. The molecule has 0 radical (unpaired) electrons. The maximum absolute atomic E-state index is 4.44. The predicted molar refractivity (Wildman–Crippen MR) is 76.0 cm³/mol. The molecule has 0 spiro atoms. The van der Waals surface area contributed by atoms with Crippen LogP contribution in [0.2, 0.25) is 0 Å². The fourth-order valence-electron chi connectivity index (χ4n) is 1.41. The van der Waals surface area contributed by atoms with E-state index in [4.69, 9.17) is 0 Å². The van der Waals surface area contributed by atoms with E-state index in [2.05, 4.69) is 47.2 Å². The minimum absolute atomic E-state index is 0.117. The first-order valence-corrected chi connectivity index (χ1v) is 6.97. The van der Waals surface area contributed by atoms with E-state index in [1.54, 1.807) is 11.0 Å². The van der Waals surface area contributed by atoms with E-state index in [9.17, 15) is 0 Å². The van der Waals surface area contributed by atoms with Crippen molar-refractivity contribution in [1.29, 1.82) is 0 Å². The molecule has 0 saturated heterocycles. The first kappa shape index (κ1) is 14.0. The standard InChI is InChI=1S/C13H19N5S/c1-13(2,3)16-8-10-5-6-11(14-7-10)19-12-15-9-17-18(12)4/h5-7,9,16H,8H2,1-4H3. The summed E-state index contributed by atoms with van der Waals surface area (Å²) in [6.45, 7) is 7.28. The van der Waals surface area contributed by atoms with E-state index in [-0.39, 0.29) is 5.54 Å². The van der Waals surface area contributed by atoms with Crippen LogP contribution in [0, 0.1) is 0 Å². The van der Waals surface area contributed by atoms with Crippen LogP contribution in [-0.4, -0.2) is 25.3 Å². The molecule has 2 rings (SSSR count). The third-order valence-corrected chi connectivity index (χ3v) is 3.49. The molecule has 0 saturated carbocycles. The van der Waals surface area contributed by atoms with Gasteiger partial charge in [-0.15, -0.1) is 0 Å². The monoisotopic (exact) mass is 277 g/mol. The molecule has 0 aliphatic rings. The lowest BCUT2D eigenvalue weighted by molar-refractivity contribution is 0.424. The molecule has 0 bridgehead atoms. The van der Waals surface area contributed by atoms with Crippen LogP contribution in [0.15, 0.2) is 34.8 Å². The van der Waals surface area contributed by atoms with Crippen molar-refractivity contribution in [2.24, 2.45) is 7.05 Å². The lowest BCUT2D eigenvalue weighted by Gasteiger charge is -2.20. The van der Waals surface area contributed by atoms with Crippen molar-refractivity contribution in [3.8, 4) is 0 Å². The Morgan fingerprint density at radius 1 is 1.26 bits per heavy atom. The van der Waals surface area contributed by atoms with Crippen molar-refractivity contribution >= 4 is 11.8 Å². The van der Waals surface area contributed by atoms with Crippen LogP contribution in [0.5, 0.6) is 0 Å². The molecule has 0 unspecified atom stereocenters. The van der Waals surface area contributed by atoms with Gasteiger partial charge in [-0.25, -0.2) is 14.6 Å². The number of hydrogen-bond acceptors (Lipinski definition) is 5. The second-order valence-electron chi connectivity index (χ2n) is 5.38. The van der Waals surface area contributed by atoms with Gasteiger partial charge < -0.3 is 5.32 Å². The van der Waals surface area contributed by atoms with E-state index in [0.29, 0.717) is 0 Å². The van der Waals surface area contributed by atoms with Gasteiger partial charge in [0.1, 0.15) is 11.4 Å². The summed E-state index contributed by atoms with van der Waals surface area (Å²) >= 11 is 1.51. The molecule has 0 amide bonds. The Bertz CT molecular complexity index is 527. The Hall–Kier alpha value is -1.40. The molecule has 6 heteroatoms. The summed E-state index contributed by atoms with van der Waals surface area (Å²) in [5.41, 5.74) is 1.30. The number of rotatable bonds is 4. The predicted octanol–water partition coefficient (Wildman–Crippen LogP) is 2.25. The van der Waals surface area contributed by atoms with E-state index in [0.717, 1.165) is 16.7 Å². The van der Waals surface area contributed by atoms with Gasteiger partial charge in [-0.2, -0.15) is 5.10 Å². The first-order chi connectivity index (χ1) is 8.94. The summed E-state index contributed by atoms with van der Waals surface area (Å²) < 4.78 is 1.74. The zero-order valence-corrected chi connectivity index (χ0v) is 12.5. The molecular weight excluding hydrogens is 258 g/mol. The number of nitrogens with zero attached hydrogens (tertiary/aromatic N) is 4. The molecule has 102 valence electrons. The summed E-state index contributed by atoms with van der Waals surface area (Å²) in [6.07, 6.45) is 3.45. The van der Waals surface area contributed by atoms with Crippen LogP contribution >= 0.6 is 11.8 Å². The van der Waals surface area contributed by atoms with Gasteiger partial charge in [-0.05, 0) is 44.2 Å². The summed E-state index contributed by atoms with van der Waals surface area (Å²) in [5, 5.41) is 9.24. The number of aryl methyl sites for hydroxylation is 1.